The monoisotopic (exact) mass is 257 g/mol. The minimum absolute atomic E-state index is 0.0768. The van der Waals surface area contributed by atoms with Crippen LogP contribution < -0.4 is 16.4 Å². The zero-order valence-corrected chi connectivity index (χ0v) is 10.8. The molecule has 1 amide bonds. The minimum atomic E-state index is -0.271. The summed E-state index contributed by atoms with van der Waals surface area (Å²) < 4.78 is 0. The first kappa shape index (κ1) is 13.5. The van der Waals surface area contributed by atoms with Gasteiger partial charge in [0.05, 0.1) is 6.54 Å². The molecule has 1 aromatic rings. The summed E-state index contributed by atoms with van der Waals surface area (Å²) in [6.45, 7) is 5.79. The van der Waals surface area contributed by atoms with Crippen LogP contribution in [0, 0.1) is 0 Å². The molecular weight excluding hydrogens is 242 g/mol. The van der Waals surface area contributed by atoms with Gasteiger partial charge in [0.15, 0.2) is 5.82 Å². The van der Waals surface area contributed by atoms with E-state index in [4.69, 9.17) is 17.3 Å². The predicted octanol–water partition coefficient (Wildman–Crippen LogP) is 1.04. The van der Waals surface area contributed by atoms with Gasteiger partial charge in [0, 0.05) is 5.54 Å². The Morgan fingerprint density at radius 2 is 2.12 bits per heavy atom. The zero-order chi connectivity index (χ0) is 13.1. The molecule has 0 fully saturated rings. The van der Waals surface area contributed by atoms with Gasteiger partial charge in [-0.3, -0.25) is 4.79 Å². The highest BCUT2D eigenvalue weighted by molar-refractivity contribution is 6.35. The van der Waals surface area contributed by atoms with Gasteiger partial charge < -0.3 is 16.4 Å². The topological polar surface area (TPSA) is 92.9 Å². The van der Waals surface area contributed by atoms with E-state index in [-0.39, 0.29) is 28.8 Å². The van der Waals surface area contributed by atoms with Gasteiger partial charge in [-0.15, -0.1) is 0 Å². The highest BCUT2D eigenvalue weighted by Gasteiger charge is 2.14. The van der Waals surface area contributed by atoms with E-state index in [0.717, 1.165) is 0 Å². The van der Waals surface area contributed by atoms with E-state index in [1.165, 1.54) is 6.33 Å². The van der Waals surface area contributed by atoms with Crippen LogP contribution in [0.5, 0.6) is 0 Å². The quantitative estimate of drug-likeness (QED) is 0.752. The highest BCUT2D eigenvalue weighted by Crippen LogP contribution is 2.22. The van der Waals surface area contributed by atoms with Crippen LogP contribution in [0.4, 0.5) is 11.6 Å². The lowest BCUT2D eigenvalue weighted by molar-refractivity contribution is -0.120. The molecule has 0 aliphatic carbocycles. The smallest absolute Gasteiger partial charge is 0.239 e. The van der Waals surface area contributed by atoms with Gasteiger partial charge in [0.1, 0.15) is 17.2 Å². The number of anilines is 2. The van der Waals surface area contributed by atoms with E-state index in [2.05, 4.69) is 20.6 Å². The van der Waals surface area contributed by atoms with Crippen molar-refractivity contribution in [3.8, 4) is 0 Å². The van der Waals surface area contributed by atoms with Crippen LogP contribution in [0.25, 0.3) is 0 Å². The van der Waals surface area contributed by atoms with E-state index < -0.39 is 0 Å². The molecule has 0 aliphatic heterocycles. The summed E-state index contributed by atoms with van der Waals surface area (Å²) in [5, 5.41) is 5.82. The van der Waals surface area contributed by atoms with Crippen molar-refractivity contribution < 1.29 is 4.79 Å². The molecule has 0 spiro atoms. The maximum Gasteiger partial charge on any atom is 0.239 e. The SMILES string of the molecule is CC(C)(C)NC(=O)CNc1ncnc(N)c1Cl. The normalized spacial score (nSPS) is 11.1. The summed E-state index contributed by atoms with van der Waals surface area (Å²) in [5.41, 5.74) is 5.23. The molecule has 1 aromatic heterocycles. The van der Waals surface area contributed by atoms with Gasteiger partial charge in [-0.25, -0.2) is 9.97 Å². The van der Waals surface area contributed by atoms with Crippen LogP contribution >= 0.6 is 11.6 Å². The van der Waals surface area contributed by atoms with E-state index in [1.54, 1.807) is 0 Å². The first-order chi connectivity index (χ1) is 7.79. The Labute approximate surface area is 105 Å². The van der Waals surface area contributed by atoms with Crippen molar-refractivity contribution >= 4 is 29.1 Å². The largest absolute Gasteiger partial charge is 0.382 e. The summed E-state index contributed by atoms with van der Waals surface area (Å²) in [7, 11) is 0. The second-order valence-electron chi connectivity index (χ2n) is 4.57. The van der Waals surface area contributed by atoms with Gasteiger partial charge in [-0.1, -0.05) is 11.6 Å². The maximum atomic E-state index is 11.5. The summed E-state index contributed by atoms with van der Waals surface area (Å²) in [6, 6.07) is 0. The van der Waals surface area contributed by atoms with Crippen LogP contribution in [-0.2, 0) is 4.79 Å². The van der Waals surface area contributed by atoms with Crippen molar-refractivity contribution in [2.24, 2.45) is 0 Å². The van der Waals surface area contributed by atoms with Crippen molar-refractivity contribution in [2.45, 2.75) is 26.3 Å². The van der Waals surface area contributed by atoms with E-state index in [9.17, 15) is 4.79 Å². The second-order valence-corrected chi connectivity index (χ2v) is 4.95. The van der Waals surface area contributed by atoms with Gasteiger partial charge >= 0.3 is 0 Å². The Hall–Kier alpha value is -1.56. The predicted molar refractivity (Wildman–Crippen MR) is 67.8 cm³/mol. The number of carbonyl (C=O) groups excluding carboxylic acids is 1. The molecule has 1 heterocycles. The number of nitrogen functional groups attached to an aromatic ring is 1. The van der Waals surface area contributed by atoms with Crippen molar-refractivity contribution in [3.05, 3.63) is 11.3 Å². The third-order valence-corrected chi connectivity index (χ3v) is 2.12. The van der Waals surface area contributed by atoms with Crippen molar-refractivity contribution in [1.29, 1.82) is 0 Å². The molecule has 94 valence electrons. The van der Waals surface area contributed by atoms with Gasteiger partial charge in [0.2, 0.25) is 5.91 Å². The Balaban J connectivity index is 2.56. The number of nitrogens with two attached hydrogens (primary N) is 1. The summed E-state index contributed by atoms with van der Waals surface area (Å²) in [5.74, 6) is 0.384. The fourth-order valence-corrected chi connectivity index (χ4v) is 1.30. The lowest BCUT2D eigenvalue weighted by atomic mass is 10.1. The van der Waals surface area contributed by atoms with Crippen molar-refractivity contribution in [3.63, 3.8) is 0 Å². The van der Waals surface area contributed by atoms with Crippen LogP contribution in [0.3, 0.4) is 0 Å². The number of aromatic nitrogens is 2. The number of hydrogen-bond donors (Lipinski definition) is 3. The van der Waals surface area contributed by atoms with Crippen LogP contribution in [0.2, 0.25) is 5.02 Å². The first-order valence-corrected chi connectivity index (χ1v) is 5.48. The van der Waals surface area contributed by atoms with Crippen molar-refractivity contribution in [1.82, 2.24) is 15.3 Å². The highest BCUT2D eigenvalue weighted by atomic mass is 35.5. The number of rotatable bonds is 3. The first-order valence-electron chi connectivity index (χ1n) is 5.10. The summed E-state index contributed by atoms with van der Waals surface area (Å²) >= 11 is 5.87. The summed E-state index contributed by atoms with van der Waals surface area (Å²) in [6.07, 6.45) is 1.28. The van der Waals surface area contributed by atoms with Crippen LogP contribution in [0.15, 0.2) is 6.33 Å². The fourth-order valence-electron chi connectivity index (χ4n) is 1.13. The molecule has 17 heavy (non-hydrogen) atoms. The van der Waals surface area contributed by atoms with E-state index in [1.807, 2.05) is 20.8 Å². The molecule has 0 aromatic carbocycles. The fraction of sp³-hybridized carbons (Fsp3) is 0.500. The van der Waals surface area contributed by atoms with Crippen LogP contribution in [0.1, 0.15) is 20.8 Å². The van der Waals surface area contributed by atoms with Crippen LogP contribution in [-0.4, -0.2) is 28.0 Å². The molecule has 0 radical (unpaired) electrons. The molecule has 0 unspecified atom stereocenters. The van der Waals surface area contributed by atoms with Crippen molar-refractivity contribution in [2.75, 3.05) is 17.6 Å². The average Bonchev–Trinajstić information content (AvgIpc) is 2.18. The number of halogens is 1. The Morgan fingerprint density at radius 1 is 1.47 bits per heavy atom. The number of hydrogen-bond acceptors (Lipinski definition) is 5. The minimum Gasteiger partial charge on any atom is -0.382 e. The van der Waals surface area contributed by atoms with Gasteiger partial charge in [-0.05, 0) is 20.8 Å². The Morgan fingerprint density at radius 3 is 2.71 bits per heavy atom. The molecule has 4 N–H and O–H groups in total. The molecule has 0 aliphatic rings. The average molecular weight is 258 g/mol. The number of amides is 1. The molecule has 7 heteroatoms. The molecule has 6 nitrogen and oxygen atoms in total. The maximum absolute atomic E-state index is 11.5. The summed E-state index contributed by atoms with van der Waals surface area (Å²) in [4.78, 5) is 19.2. The molecular formula is C10H16ClN5O. The third kappa shape index (κ3) is 4.44. The Bertz CT molecular complexity index is 416. The second kappa shape index (κ2) is 5.18. The van der Waals surface area contributed by atoms with E-state index in [0.29, 0.717) is 5.82 Å². The number of nitrogens with zero attached hydrogens (tertiary/aromatic N) is 2. The molecule has 0 atom stereocenters. The third-order valence-electron chi connectivity index (χ3n) is 1.75. The lowest BCUT2D eigenvalue weighted by Gasteiger charge is -2.20. The van der Waals surface area contributed by atoms with Gasteiger partial charge in [0.25, 0.3) is 0 Å². The molecule has 0 saturated carbocycles. The molecule has 1 rings (SSSR count). The number of carbonyl (C=O) groups is 1. The zero-order valence-electron chi connectivity index (χ0n) is 10.0. The van der Waals surface area contributed by atoms with E-state index >= 15 is 0 Å². The standard InChI is InChI=1S/C10H16ClN5O/c1-10(2,3)16-6(17)4-13-9-7(11)8(12)14-5-15-9/h5H,4H2,1-3H3,(H,16,17)(H3,12,13,14,15). The Kier molecular flexibility index (Phi) is 4.11. The number of nitrogens with one attached hydrogen (secondary N) is 2. The molecule has 0 bridgehead atoms. The van der Waals surface area contributed by atoms with Gasteiger partial charge in [-0.2, -0.15) is 0 Å². The molecule has 0 saturated heterocycles. The lowest BCUT2D eigenvalue weighted by Crippen LogP contribution is -2.43.